The zero-order valence-corrected chi connectivity index (χ0v) is 31.8. The van der Waals surface area contributed by atoms with Crippen LogP contribution in [0.3, 0.4) is 0 Å². The maximum absolute atomic E-state index is 13.7. The van der Waals surface area contributed by atoms with Crippen LogP contribution in [0.2, 0.25) is 0 Å². The van der Waals surface area contributed by atoms with Gasteiger partial charge in [-0.3, -0.25) is 4.79 Å². The third-order valence-electron chi connectivity index (χ3n) is 14.2. The van der Waals surface area contributed by atoms with Crippen molar-refractivity contribution < 1.29 is 9.90 Å². The first-order valence-corrected chi connectivity index (χ1v) is 19.4. The average molecular weight is 683 g/mol. The summed E-state index contributed by atoms with van der Waals surface area (Å²) in [4.78, 5) is 13.7. The number of carbonyl (C=O) groups excluding carboxylic acids is 1. The molecule has 0 aromatic heterocycles. The van der Waals surface area contributed by atoms with Crippen LogP contribution in [0.5, 0.6) is 0 Å². The van der Waals surface area contributed by atoms with E-state index in [4.69, 9.17) is 22.9 Å². The number of rotatable bonds is 9. The van der Waals surface area contributed by atoms with Gasteiger partial charge in [-0.15, -0.1) is 0 Å². The van der Waals surface area contributed by atoms with E-state index in [1.165, 1.54) is 50.5 Å². The molecule has 9 unspecified atom stereocenters. The molecular weight excluding hydrogens is 617 g/mol. The van der Waals surface area contributed by atoms with Crippen molar-refractivity contribution in [1.29, 1.82) is 0 Å². The van der Waals surface area contributed by atoms with Gasteiger partial charge in [0.15, 0.2) is 5.78 Å². The fourth-order valence-corrected chi connectivity index (χ4v) is 11.5. The molecule has 0 saturated heterocycles. The minimum Gasteiger partial charge on any atom is -0.399 e. The topological polar surface area (TPSA) is 141 Å². The summed E-state index contributed by atoms with van der Waals surface area (Å²) in [6, 6.07) is 10.5. The second-order valence-electron chi connectivity index (χ2n) is 17.7. The van der Waals surface area contributed by atoms with Crippen molar-refractivity contribution in [3.05, 3.63) is 65.8 Å². The largest absolute Gasteiger partial charge is 0.399 e. The highest BCUT2D eigenvalue weighted by Crippen LogP contribution is 2.70. The summed E-state index contributed by atoms with van der Waals surface area (Å²) in [5, 5.41) is 11.5. The fraction of sp³-hybridized carbons (Fsp3) is 0.614. The van der Waals surface area contributed by atoms with E-state index < -0.39 is 11.5 Å². The van der Waals surface area contributed by atoms with Gasteiger partial charge in [0.05, 0.1) is 6.10 Å². The molecule has 6 heteroatoms. The van der Waals surface area contributed by atoms with Gasteiger partial charge in [-0.05, 0) is 133 Å². The monoisotopic (exact) mass is 683 g/mol. The van der Waals surface area contributed by atoms with Gasteiger partial charge in [-0.25, -0.2) is 0 Å². The normalized spacial score (nSPS) is 33.6. The van der Waals surface area contributed by atoms with Crippen LogP contribution in [0.25, 0.3) is 6.08 Å². The Bertz CT molecular complexity index is 1540. The average Bonchev–Trinajstić information content (AvgIpc) is 3.36. The minimum atomic E-state index is -0.558. The Kier molecular flexibility index (Phi) is 11.2. The van der Waals surface area contributed by atoms with Crippen LogP contribution in [-0.4, -0.2) is 17.0 Å². The standard InChI is InChI=1S/C36H56N2O2.C8H10N2/c1-22(2)8-7-9-23(3)29-11-12-30-28-10-13-32-35(6,21-31(39)25-18-26(37)20-27(38)19-25)33(40)14-15-36(32,24(28)4)17-16-34(29,30)5;1-2-6-3-7(9)5-8(10)4-6/h13,18-20,22-24,28-30,33,40H,7-12,14-17,21,37-38H2,1-6H3;2-5H,1,9-10H2. The number of nitrogens with two attached hydrogens (primary N) is 4. The summed E-state index contributed by atoms with van der Waals surface area (Å²) in [6.07, 6.45) is 16.2. The second-order valence-corrected chi connectivity index (χ2v) is 17.7. The van der Waals surface area contributed by atoms with Gasteiger partial charge >= 0.3 is 0 Å². The number of benzene rings is 2. The molecule has 1 spiro atoms. The number of aliphatic hydroxyl groups excluding tert-OH is 1. The molecule has 50 heavy (non-hydrogen) atoms. The van der Waals surface area contributed by atoms with Crippen molar-refractivity contribution >= 4 is 34.6 Å². The molecule has 6 nitrogen and oxygen atoms in total. The van der Waals surface area contributed by atoms with Crippen LogP contribution < -0.4 is 22.9 Å². The highest BCUT2D eigenvalue weighted by Gasteiger charge is 2.62. The van der Waals surface area contributed by atoms with Gasteiger partial charge in [0, 0.05) is 40.1 Å². The summed E-state index contributed by atoms with van der Waals surface area (Å²) >= 11 is 0. The van der Waals surface area contributed by atoms with Crippen molar-refractivity contribution in [1.82, 2.24) is 0 Å². The number of carbonyl (C=O) groups is 1. The quantitative estimate of drug-likeness (QED) is 0.101. The molecule has 0 radical (unpaired) electrons. The zero-order chi connectivity index (χ0) is 36.6. The van der Waals surface area contributed by atoms with Gasteiger partial charge in [0.1, 0.15) is 0 Å². The molecular formula is C44H66N4O2. The predicted molar refractivity (Wildman–Crippen MR) is 212 cm³/mol. The predicted octanol–water partition coefficient (Wildman–Crippen LogP) is 9.94. The third kappa shape index (κ3) is 7.24. The van der Waals surface area contributed by atoms with E-state index in [0.29, 0.717) is 52.0 Å². The van der Waals surface area contributed by atoms with Crippen LogP contribution in [0, 0.1) is 51.8 Å². The molecule has 9 N–H and O–H groups in total. The smallest absolute Gasteiger partial charge is 0.163 e. The van der Waals surface area contributed by atoms with Gasteiger partial charge in [0.25, 0.3) is 0 Å². The SMILES string of the molecule is C=Cc1cc(N)cc(N)c1.CC(C)CCCC(C)C1CCC2C3CC=C4C(C)(CC(=O)c5cc(N)cc(N)c5)C(O)CCC4(CCC12C)C3C. The van der Waals surface area contributed by atoms with Gasteiger partial charge in [-0.2, -0.15) is 0 Å². The number of aliphatic hydroxyl groups is 1. The molecule has 9 atom stereocenters. The van der Waals surface area contributed by atoms with Crippen LogP contribution in [-0.2, 0) is 0 Å². The molecule has 3 saturated carbocycles. The van der Waals surface area contributed by atoms with Gasteiger partial charge < -0.3 is 28.0 Å². The van der Waals surface area contributed by atoms with E-state index in [2.05, 4.69) is 54.2 Å². The molecule has 2 aromatic carbocycles. The Morgan fingerprint density at radius 2 is 1.52 bits per heavy atom. The van der Waals surface area contributed by atoms with E-state index >= 15 is 0 Å². The molecule has 0 aliphatic heterocycles. The number of ketones is 1. The van der Waals surface area contributed by atoms with E-state index in [9.17, 15) is 9.90 Å². The first-order chi connectivity index (χ1) is 23.5. The molecule has 2 aromatic rings. The van der Waals surface area contributed by atoms with Crippen LogP contribution in [0.4, 0.5) is 22.7 Å². The lowest BCUT2D eigenvalue weighted by molar-refractivity contribution is -0.0375. The maximum atomic E-state index is 13.7. The Labute approximate surface area is 302 Å². The lowest BCUT2D eigenvalue weighted by Gasteiger charge is -2.57. The summed E-state index contributed by atoms with van der Waals surface area (Å²) in [5.41, 5.74) is 28.3. The van der Waals surface area contributed by atoms with Crippen molar-refractivity contribution in [2.24, 2.45) is 51.8 Å². The molecule has 274 valence electrons. The summed E-state index contributed by atoms with van der Waals surface area (Å²) < 4.78 is 0. The van der Waals surface area contributed by atoms with E-state index in [-0.39, 0.29) is 11.2 Å². The number of allylic oxidation sites excluding steroid dienone is 1. The number of hydrogen-bond donors (Lipinski definition) is 5. The van der Waals surface area contributed by atoms with Gasteiger partial charge in [-0.1, -0.05) is 85.1 Å². The molecule has 4 aliphatic carbocycles. The first-order valence-electron chi connectivity index (χ1n) is 19.4. The van der Waals surface area contributed by atoms with Crippen LogP contribution >= 0.6 is 0 Å². The molecule has 3 fully saturated rings. The summed E-state index contributed by atoms with van der Waals surface area (Å²) in [7, 11) is 0. The summed E-state index contributed by atoms with van der Waals surface area (Å²) in [5.74, 6) is 4.49. The highest BCUT2D eigenvalue weighted by atomic mass is 16.3. The van der Waals surface area contributed by atoms with Crippen LogP contribution in [0.1, 0.15) is 128 Å². The Hall–Kier alpha value is -3.25. The van der Waals surface area contributed by atoms with Gasteiger partial charge in [0.2, 0.25) is 0 Å². The maximum Gasteiger partial charge on any atom is 0.163 e. The van der Waals surface area contributed by atoms with Crippen molar-refractivity contribution in [2.75, 3.05) is 22.9 Å². The Balaban J connectivity index is 0.000000418. The van der Waals surface area contributed by atoms with Crippen molar-refractivity contribution in [2.45, 2.75) is 118 Å². The van der Waals surface area contributed by atoms with E-state index in [1.54, 1.807) is 30.3 Å². The zero-order valence-electron chi connectivity index (χ0n) is 31.8. The number of hydrogen-bond acceptors (Lipinski definition) is 6. The Morgan fingerprint density at radius 3 is 2.12 bits per heavy atom. The lowest BCUT2D eigenvalue weighted by Crippen LogP contribution is -2.52. The highest BCUT2D eigenvalue weighted by molar-refractivity contribution is 5.98. The fourth-order valence-electron chi connectivity index (χ4n) is 11.5. The number of nitrogen functional groups attached to an aromatic ring is 4. The number of fused-ring (bicyclic) bond motifs is 3. The third-order valence-corrected chi connectivity index (χ3v) is 14.2. The number of anilines is 4. The van der Waals surface area contributed by atoms with Crippen molar-refractivity contribution in [3.63, 3.8) is 0 Å². The molecule has 0 heterocycles. The lowest BCUT2D eigenvalue weighted by atomic mass is 9.47. The number of Topliss-reactive ketones (excluding diaryl/α,β-unsaturated/α-hetero) is 1. The van der Waals surface area contributed by atoms with Crippen molar-refractivity contribution in [3.8, 4) is 0 Å². The Morgan fingerprint density at radius 1 is 0.900 bits per heavy atom. The van der Waals surface area contributed by atoms with E-state index in [0.717, 1.165) is 48.5 Å². The molecule has 2 bridgehead atoms. The van der Waals surface area contributed by atoms with E-state index in [1.807, 2.05) is 12.1 Å². The molecule has 0 amide bonds. The van der Waals surface area contributed by atoms with Crippen LogP contribution in [0.15, 0.2) is 54.6 Å². The summed E-state index contributed by atoms with van der Waals surface area (Å²) in [6.45, 7) is 18.2. The molecule has 4 aliphatic rings. The first kappa shape index (κ1) is 38.0. The second kappa shape index (κ2) is 14.8. The molecule has 6 rings (SSSR count). The minimum absolute atomic E-state index is 0.0287.